The standard InChI is InChI=1S/C75H136O10/c1-5-9-13-41-54-68(76)56-43-33-25-17-21-31-39-51-64-74(80)84-70(58-45-15-11-7-3)60-47-35-27-19-23-29-37-49-62-72(78)82-66-53-67-83-73(79)63-50-38-30-24-20-28-36-48-61-71(59-46-16-12-8-4)85-75(81)65-52-40-32-22-18-26-34-44-57-69(77)55-42-14-10-6-2/h33-36,43-44,47-48,68-71,76-77H,5-32,37-42,45-46,49-67H2,1-4H3/b43-33+,44-34+,47-35+,48-36+. The number of allylic oxidation sites excluding steroid dienone is 4. The van der Waals surface area contributed by atoms with Gasteiger partial charge >= 0.3 is 23.9 Å². The van der Waals surface area contributed by atoms with Gasteiger partial charge in [-0.3, -0.25) is 19.2 Å². The first-order valence-corrected chi connectivity index (χ1v) is 36.3. The monoisotopic (exact) mass is 1200 g/mol. The lowest BCUT2D eigenvalue weighted by Gasteiger charge is -2.16. The Bertz CT molecular complexity index is 1470. The molecule has 4 atom stereocenters. The lowest BCUT2D eigenvalue weighted by Crippen LogP contribution is -2.17. The second-order valence-corrected chi connectivity index (χ2v) is 24.8. The van der Waals surface area contributed by atoms with Crippen LogP contribution in [0.2, 0.25) is 0 Å². The zero-order chi connectivity index (χ0) is 62.0. The van der Waals surface area contributed by atoms with Crippen molar-refractivity contribution >= 4 is 23.9 Å². The fourth-order valence-electron chi connectivity index (χ4n) is 10.7. The zero-order valence-electron chi connectivity index (χ0n) is 56.0. The summed E-state index contributed by atoms with van der Waals surface area (Å²) >= 11 is 0. The van der Waals surface area contributed by atoms with E-state index in [9.17, 15) is 29.4 Å². The molecule has 0 saturated heterocycles. The molecule has 10 nitrogen and oxygen atoms in total. The van der Waals surface area contributed by atoms with E-state index in [0.717, 1.165) is 218 Å². The van der Waals surface area contributed by atoms with Crippen molar-refractivity contribution in [3.05, 3.63) is 48.6 Å². The fourth-order valence-corrected chi connectivity index (χ4v) is 10.7. The molecule has 0 aromatic rings. The third-order valence-electron chi connectivity index (χ3n) is 16.2. The molecule has 0 radical (unpaired) electrons. The van der Waals surface area contributed by atoms with Gasteiger partial charge in [-0.25, -0.2) is 0 Å². The van der Waals surface area contributed by atoms with Gasteiger partial charge in [0.2, 0.25) is 0 Å². The molecule has 0 bridgehead atoms. The molecule has 2 N–H and O–H groups in total. The topological polar surface area (TPSA) is 146 Å². The van der Waals surface area contributed by atoms with Crippen molar-refractivity contribution in [3.63, 3.8) is 0 Å². The highest BCUT2D eigenvalue weighted by Crippen LogP contribution is 2.19. The molecule has 0 spiro atoms. The van der Waals surface area contributed by atoms with Crippen molar-refractivity contribution in [2.24, 2.45) is 0 Å². The van der Waals surface area contributed by atoms with E-state index in [1.54, 1.807) is 0 Å². The number of hydrogen-bond donors (Lipinski definition) is 2. The summed E-state index contributed by atoms with van der Waals surface area (Å²) in [6, 6.07) is 0. The van der Waals surface area contributed by atoms with E-state index in [1.807, 2.05) is 0 Å². The molecule has 0 aromatic carbocycles. The summed E-state index contributed by atoms with van der Waals surface area (Å²) in [4.78, 5) is 50.0. The van der Waals surface area contributed by atoms with Crippen LogP contribution in [-0.4, -0.2) is 71.7 Å². The average Bonchev–Trinajstić information content (AvgIpc) is 3.49. The zero-order valence-corrected chi connectivity index (χ0v) is 56.0. The van der Waals surface area contributed by atoms with Crippen LogP contribution in [-0.2, 0) is 38.1 Å². The molecular weight excluding hydrogens is 1060 g/mol. The molecule has 0 heterocycles. The minimum absolute atomic E-state index is 0.0373. The second kappa shape index (κ2) is 66.7. The summed E-state index contributed by atoms with van der Waals surface area (Å²) < 4.78 is 22.7. The van der Waals surface area contributed by atoms with Crippen molar-refractivity contribution in [3.8, 4) is 0 Å². The van der Waals surface area contributed by atoms with Crippen LogP contribution in [0.5, 0.6) is 0 Å². The maximum absolute atomic E-state index is 12.7. The van der Waals surface area contributed by atoms with Gasteiger partial charge < -0.3 is 29.2 Å². The Labute approximate surface area is 524 Å². The van der Waals surface area contributed by atoms with Crippen LogP contribution in [0, 0.1) is 0 Å². The minimum Gasteiger partial charge on any atom is -0.466 e. The molecule has 0 aliphatic carbocycles. The maximum atomic E-state index is 12.7. The predicted molar refractivity (Wildman–Crippen MR) is 358 cm³/mol. The SMILES string of the molecule is CCCCCCC(O)C/C=C/CCCCCCCC(=O)OC(C/C=C/CCCCCCCC(=O)OCCCOC(=O)CCCCCCC/C=C/CC(CCCCCC)OC(=O)CCCCCCC/C=C/CC(O)CCCCCC)CCCCCC. The van der Waals surface area contributed by atoms with Crippen LogP contribution < -0.4 is 0 Å². The highest BCUT2D eigenvalue weighted by molar-refractivity contribution is 5.70. The summed E-state index contributed by atoms with van der Waals surface area (Å²) in [7, 11) is 0. The van der Waals surface area contributed by atoms with Gasteiger partial charge in [-0.2, -0.15) is 0 Å². The van der Waals surface area contributed by atoms with Crippen LogP contribution in [0.1, 0.15) is 368 Å². The molecule has 4 unspecified atom stereocenters. The Kier molecular flexibility index (Phi) is 64.2. The Morgan fingerprint density at radius 2 is 0.541 bits per heavy atom. The normalized spacial score (nSPS) is 13.3. The molecule has 0 amide bonds. The maximum Gasteiger partial charge on any atom is 0.306 e. The number of aliphatic hydroxyl groups excluding tert-OH is 2. The molecule has 0 aliphatic heterocycles. The summed E-state index contributed by atoms with van der Waals surface area (Å²) in [6.45, 7) is 9.41. The first-order valence-electron chi connectivity index (χ1n) is 36.3. The molecule has 0 aliphatic rings. The van der Waals surface area contributed by atoms with Gasteiger partial charge in [0.05, 0.1) is 25.4 Å². The molecule has 496 valence electrons. The summed E-state index contributed by atoms with van der Waals surface area (Å²) in [6.07, 6.45) is 70.6. The molecule has 0 rings (SSSR count). The second-order valence-electron chi connectivity index (χ2n) is 24.8. The van der Waals surface area contributed by atoms with E-state index < -0.39 is 0 Å². The van der Waals surface area contributed by atoms with Crippen molar-refractivity contribution in [2.75, 3.05) is 13.2 Å². The number of ether oxygens (including phenoxy) is 4. The first-order chi connectivity index (χ1) is 41.6. The van der Waals surface area contributed by atoms with Gasteiger partial charge in [-0.15, -0.1) is 0 Å². The Morgan fingerprint density at radius 1 is 0.282 bits per heavy atom. The lowest BCUT2D eigenvalue weighted by atomic mass is 10.1. The quantitative estimate of drug-likeness (QED) is 0.0261. The van der Waals surface area contributed by atoms with Gasteiger partial charge in [-0.1, -0.05) is 243 Å². The highest BCUT2D eigenvalue weighted by Gasteiger charge is 2.15. The minimum atomic E-state index is -0.201. The number of hydrogen-bond acceptors (Lipinski definition) is 10. The van der Waals surface area contributed by atoms with Crippen LogP contribution >= 0.6 is 0 Å². The van der Waals surface area contributed by atoms with E-state index in [2.05, 4.69) is 76.3 Å². The lowest BCUT2D eigenvalue weighted by molar-refractivity contribution is -0.150. The Balaban J connectivity index is 4.01. The Morgan fingerprint density at radius 3 is 0.859 bits per heavy atom. The third-order valence-corrected chi connectivity index (χ3v) is 16.2. The fraction of sp³-hybridized carbons (Fsp3) is 0.840. The number of esters is 4. The number of unbranched alkanes of at least 4 members (excludes halogenated alkanes) is 32. The van der Waals surface area contributed by atoms with Crippen molar-refractivity contribution in [1.82, 2.24) is 0 Å². The van der Waals surface area contributed by atoms with Gasteiger partial charge in [-0.05, 0) is 128 Å². The Hall–Kier alpha value is -3.24. The van der Waals surface area contributed by atoms with E-state index in [-0.39, 0.29) is 61.5 Å². The van der Waals surface area contributed by atoms with E-state index in [0.29, 0.717) is 32.1 Å². The largest absolute Gasteiger partial charge is 0.466 e. The average molecular weight is 1200 g/mol. The van der Waals surface area contributed by atoms with Crippen LogP contribution in [0.4, 0.5) is 0 Å². The van der Waals surface area contributed by atoms with E-state index in [4.69, 9.17) is 18.9 Å². The molecule has 85 heavy (non-hydrogen) atoms. The molecule has 0 fully saturated rings. The molecule has 10 heteroatoms. The van der Waals surface area contributed by atoms with Gasteiger partial charge in [0.15, 0.2) is 0 Å². The van der Waals surface area contributed by atoms with E-state index in [1.165, 1.54) is 89.9 Å². The third kappa shape index (κ3) is 63.6. The number of carbonyl (C=O) groups is 4. The number of carbonyl (C=O) groups excluding carboxylic acids is 4. The summed E-state index contributed by atoms with van der Waals surface area (Å²) in [5.41, 5.74) is 0. The van der Waals surface area contributed by atoms with Crippen LogP contribution in [0.15, 0.2) is 48.6 Å². The van der Waals surface area contributed by atoms with Gasteiger partial charge in [0.1, 0.15) is 12.2 Å². The van der Waals surface area contributed by atoms with Gasteiger partial charge in [0, 0.05) is 44.9 Å². The smallest absolute Gasteiger partial charge is 0.306 e. The highest BCUT2D eigenvalue weighted by atomic mass is 16.6. The summed E-state index contributed by atoms with van der Waals surface area (Å²) in [5, 5.41) is 20.2. The van der Waals surface area contributed by atoms with Gasteiger partial charge in [0.25, 0.3) is 0 Å². The number of aliphatic hydroxyl groups is 2. The van der Waals surface area contributed by atoms with E-state index >= 15 is 0 Å². The molecule has 0 aromatic heterocycles. The summed E-state index contributed by atoms with van der Waals surface area (Å²) in [5.74, 6) is -0.473. The predicted octanol–water partition coefficient (Wildman–Crippen LogP) is 21.6. The molecule has 0 saturated carbocycles. The first kappa shape index (κ1) is 81.8. The van der Waals surface area contributed by atoms with Crippen molar-refractivity contribution < 1.29 is 48.3 Å². The van der Waals surface area contributed by atoms with Crippen molar-refractivity contribution in [2.45, 2.75) is 392 Å². The van der Waals surface area contributed by atoms with Crippen LogP contribution in [0.25, 0.3) is 0 Å². The molecular formula is C75H136O10. The van der Waals surface area contributed by atoms with Crippen LogP contribution in [0.3, 0.4) is 0 Å². The van der Waals surface area contributed by atoms with Crippen molar-refractivity contribution in [1.29, 1.82) is 0 Å². The number of rotatable bonds is 66.